The Morgan fingerprint density at radius 1 is 1.45 bits per heavy atom. The zero-order valence-corrected chi connectivity index (χ0v) is 11.5. The first-order valence-electron chi connectivity index (χ1n) is 6.44. The van der Waals surface area contributed by atoms with Gasteiger partial charge in [-0.2, -0.15) is 0 Å². The Hall–Kier alpha value is -1.89. The van der Waals surface area contributed by atoms with Crippen molar-refractivity contribution in [2.45, 2.75) is 18.9 Å². The van der Waals surface area contributed by atoms with Crippen molar-refractivity contribution >= 4 is 29.1 Å². The van der Waals surface area contributed by atoms with E-state index >= 15 is 0 Å². The van der Waals surface area contributed by atoms with Crippen LogP contribution in [0.15, 0.2) is 11.4 Å². The molecule has 0 spiro atoms. The molecule has 1 aromatic rings. The van der Waals surface area contributed by atoms with Crippen molar-refractivity contribution in [2.75, 3.05) is 13.1 Å². The molecule has 1 aromatic heterocycles. The SMILES string of the molecule is O=C1CC(C(=O)N2CCc3sccc3C2C(=O)O)CN1. The van der Waals surface area contributed by atoms with Gasteiger partial charge in [-0.25, -0.2) is 4.79 Å². The topological polar surface area (TPSA) is 86.7 Å². The highest BCUT2D eigenvalue weighted by molar-refractivity contribution is 7.10. The average molecular weight is 294 g/mol. The molecule has 3 heterocycles. The van der Waals surface area contributed by atoms with Crippen molar-refractivity contribution in [2.24, 2.45) is 5.92 Å². The van der Waals surface area contributed by atoms with Gasteiger partial charge in [-0.05, 0) is 23.4 Å². The summed E-state index contributed by atoms with van der Waals surface area (Å²) in [4.78, 5) is 37.7. The molecule has 1 saturated heterocycles. The number of aliphatic carboxylic acids is 1. The van der Waals surface area contributed by atoms with Gasteiger partial charge in [0.05, 0.1) is 5.92 Å². The third kappa shape index (κ3) is 2.07. The Bertz CT molecular complexity index is 583. The number of nitrogens with one attached hydrogen (secondary N) is 1. The summed E-state index contributed by atoms with van der Waals surface area (Å²) in [6, 6.07) is 0.851. The molecule has 0 radical (unpaired) electrons. The fourth-order valence-electron chi connectivity index (χ4n) is 2.83. The Labute approximate surface area is 119 Å². The van der Waals surface area contributed by atoms with E-state index in [0.29, 0.717) is 25.1 Å². The minimum atomic E-state index is -1.02. The number of carbonyl (C=O) groups is 3. The number of rotatable bonds is 2. The smallest absolute Gasteiger partial charge is 0.331 e. The summed E-state index contributed by atoms with van der Waals surface area (Å²) in [6.07, 6.45) is 0.828. The summed E-state index contributed by atoms with van der Waals surface area (Å²) in [5, 5.41) is 13.9. The number of fused-ring (bicyclic) bond motifs is 1. The van der Waals surface area contributed by atoms with Crippen LogP contribution in [0.25, 0.3) is 0 Å². The van der Waals surface area contributed by atoms with Gasteiger partial charge in [0.2, 0.25) is 11.8 Å². The van der Waals surface area contributed by atoms with Crippen LogP contribution >= 0.6 is 11.3 Å². The molecule has 2 atom stereocenters. The molecular weight excluding hydrogens is 280 g/mol. The van der Waals surface area contributed by atoms with Gasteiger partial charge in [0, 0.05) is 24.4 Å². The predicted octanol–water partition coefficient (Wildman–Crippen LogP) is 0.395. The monoisotopic (exact) mass is 294 g/mol. The van der Waals surface area contributed by atoms with E-state index in [2.05, 4.69) is 5.32 Å². The number of amides is 2. The molecule has 0 saturated carbocycles. The summed E-state index contributed by atoms with van der Waals surface area (Å²) in [7, 11) is 0. The van der Waals surface area contributed by atoms with E-state index in [1.165, 1.54) is 16.2 Å². The van der Waals surface area contributed by atoms with Gasteiger partial charge in [-0.3, -0.25) is 9.59 Å². The van der Waals surface area contributed by atoms with E-state index in [1.807, 2.05) is 5.38 Å². The van der Waals surface area contributed by atoms with Gasteiger partial charge in [0.15, 0.2) is 6.04 Å². The molecule has 2 aliphatic heterocycles. The fraction of sp³-hybridized carbons (Fsp3) is 0.462. The highest BCUT2D eigenvalue weighted by atomic mass is 32.1. The Morgan fingerprint density at radius 3 is 2.90 bits per heavy atom. The highest BCUT2D eigenvalue weighted by Crippen LogP contribution is 2.34. The number of carboxylic acid groups (broad SMARTS) is 1. The van der Waals surface area contributed by atoms with E-state index in [9.17, 15) is 19.5 Å². The van der Waals surface area contributed by atoms with Crippen molar-refractivity contribution in [3.63, 3.8) is 0 Å². The molecule has 0 aromatic carbocycles. The van der Waals surface area contributed by atoms with Crippen LogP contribution in [0.2, 0.25) is 0 Å². The lowest BCUT2D eigenvalue weighted by atomic mass is 9.97. The molecular formula is C13H14N2O4S. The van der Waals surface area contributed by atoms with Crippen LogP contribution in [-0.4, -0.2) is 40.9 Å². The van der Waals surface area contributed by atoms with E-state index in [0.717, 1.165) is 4.88 Å². The lowest BCUT2D eigenvalue weighted by Crippen LogP contribution is -2.46. The molecule has 2 aliphatic rings. The van der Waals surface area contributed by atoms with Gasteiger partial charge in [-0.1, -0.05) is 0 Å². The summed E-state index contributed by atoms with van der Waals surface area (Å²) < 4.78 is 0. The lowest BCUT2D eigenvalue weighted by molar-refractivity contribution is -0.152. The predicted molar refractivity (Wildman–Crippen MR) is 71.2 cm³/mol. The molecule has 106 valence electrons. The highest BCUT2D eigenvalue weighted by Gasteiger charge is 2.40. The van der Waals surface area contributed by atoms with Crippen LogP contribution in [0, 0.1) is 5.92 Å². The van der Waals surface area contributed by atoms with Crippen molar-refractivity contribution in [3.8, 4) is 0 Å². The average Bonchev–Trinajstić information content (AvgIpc) is 3.04. The zero-order chi connectivity index (χ0) is 14.3. The number of nitrogens with zero attached hydrogens (tertiary/aromatic N) is 1. The first-order valence-corrected chi connectivity index (χ1v) is 7.32. The van der Waals surface area contributed by atoms with Crippen LogP contribution in [0.1, 0.15) is 22.9 Å². The maximum absolute atomic E-state index is 12.5. The van der Waals surface area contributed by atoms with Gasteiger partial charge >= 0.3 is 5.97 Å². The van der Waals surface area contributed by atoms with Crippen LogP contribution in [0.4, 0.5) is 0 Å². The van der Waals surface area contributed by atoms with Gasteiger partial charge in [0.25, 0.3) is 0 Å². The number of hydrogen-bond donors (Lipinski definition) is 2. The summed E-state index contributed by atoms with van der Waals surface area (Å²) in [5.41, 5.74) is 0.708. The Kier molecular flexibility index (Phi) is 3.21. The van der Waals surface area contributed by atoms with Crippen LogP contribution in [0.3, 0.4) is 0 Å². The summed E-state index contributed by atoms with van der Waals surface area (Å²) in [6.45, 7) is 0.699. The van der Waals surface area contributed by atoms with E-state index in [1.54, 1.807) is 6.07 Å². The number of carboxylic acids is 1. The maximum Gasteiger partial charge on any atom is 0.331 e. The van der Waals surface area contributed by atoms with Gasteiger partial charge in [0.1, 0.15) is 0 Å². The standard InChI is InChI=1S/C13H14N2O4S/c16-10-5-7(6-14-10)12(17)15-3-1-9-8(2-4-20-9)11(15)13(18)19/h2,4,7,11H,1,3,5-6H2,(H,14,16)(H,18,19). The number of hydrogen-bond acceptors (Lipinski definition) is 4. The lowest BCUT2D eigenvalue weighted by Gasteiger charge is -2.34. The van der Waals surface area contributed by atoms with Crippen molar-refractivity contribution in [1.29, 1.82) is 0 Å². The van der Waals surface area contributed by atoms with Gasteiger partial charge < -0.3 is 15.3 Å². The molecule has 0 bridgehead atoms. The third-order valence-corrected chi connectivity index (χ3v) is 4.81. The fourth-order valence-corrected chi connectivity index (χ4v) is 3.74. The second kappa shape index (κ2) is 4.90. The molecule has 1 fully saturated rings. The third-order valence-electron chi connectivity index (χ3n) is 3.81. The first kappa shape index (κ1) is 13.1. The van der Waals surface area contributed by atoms with Crippen LogP contribution < -0.4 is 5.32 Å². The van der Waals surface area contributed by atoms with E-state index < -0.39 is 17.9 Å². The van der Waals surface area contributed by atoms with Crippen molar-refractivity contribution in [3.05, 3.63) is 21.9 Å². The molecule has 3 rings (SSSR count). The minimum Gasteiger partial charge on any atom is -0.479 e. The molecule has 2 unspecified atom stereocenters. The zero-order valence-electron chi connectivity index (χ0n) is 10.7. The molecule has 0 aliphatic carbocycles. The normalized spacial score (nSPS) is 25.2. The summed E-state index contributed by atoms with van der Waals surface area (Å²) >= 11 is 1.53. The van der Waals surface area contributed by atoms with Crippen LogP contribution in [-0.2, 0) is 20.8 Å². The van der Waals surface area contributed by atoms with Gasteiger partial charge in [-0.15, -0.1) is 11.3 Å². The number of carbonyl (C=O) groups excluding carboxylic acids is 2. The minimum absolute atomic E-state index is 0.150. The van der Waals surface area contributed by atoms with Crippen LogP contribution in [0.5, 0.6) is 0 Å². The molecule has 2 amide bonds. The molecule has 20 heavy (non-hydrogen) atoms. The summed E-state index contributed by atoms with van der Waals surface area (Å²) in [5.74, 6) is -1.85. The molecule has 7 heteroatoms. The Morgan fingerprint density at radius 2 is 2.25 bits per heavy atom. The molecule has 6 nitrogen and oxygen atoms in total. The second-order valence-corrected chi connectivity index (χ2v) is 6.03. The number of thiophene rings is 1. The second-order valence-electron chi connectivity index (χ2n) is 5.03. The van der Waals surface area contributed by atoms with Crippen molar-refractivity contribution < 1.29 is 19.5 Å². The molecule has 2 N–H and O–H groups in total. The van der Waals surface area contributed by atoms with Crippen molar-refractivity contribution in [1.82, 2.24) is 10.2 Å². The Balaban J connectivity index is 1.87. The quantitative estimate of drug-likeness (QED) is 0.826. The van der Waals surface area contributed by atoms with E-state index in [-0.39, 0.29) is 18.2 Å². The maximum atomic E-state index is 12.5. The van der Waals surface area contributed by atoms with E-state index in [4.69, 9.17) is 0 Å². The first-order chi connectivity index (χ1) is 9.58. The largest absolute Gasteiger partial charge is 0.479 e.